The van der Waals surface area contributed by atoms with Crippen molar-refractivity contribution in [3.63, 3.8) is 0 Å². The molecule has 4 N–H and O–H groups in total. The summed E-state index contributed by atoms with van der Waals surface area (Å²) in [6.45, 7) is 10.4. The van der Waals surface area contributed by atoms with E-state index >= 15 is 0 Å². The number of aryl methyl sites for hydroxylation is 1. The van der Waals surface area contributed by atoms with E-state index in [1.54, 1.807) is 6.92 Å². The average Bonchev–Trinajstić information content (AvgIpc) is 2.95. The minimum atomic E-state index is -5.08. The molecule has 1 aliphatic rings. The van der Waals surface area contributed by atoms with Crippen molar-refractivity contribution in [2.75, 3.05) is 37.6 Å². The van der Waals surface area contributed by atoms with Crippen molar-refractivity contribution in [1.29, 1.82) is 0 Å². The molecular formula is C17H25F6N5O5. The van der Waals surface area contributed by atoms with Crippen molar-refractivity contribution in [2.45, 2.75) is 39.7 Å². The molecule has 2 rings (SSSR count). The van der Waals surface area contributed by atoms with Crippen LogP contribution < -0.4 is 10.6 Å². The van der Waals surface area contributed by atoms with Crippen molar-refractivity contribution in [3.05, 3.63) is 11.4 Å². The summed E-state index contributed by atoms with van der Waals surface area (Å²) in [4.78, 5) is 33.4. The van der Waals surface area contributed by atoms with Gasteiger partial charge < -0.3 is 25.7 Å². The van der Waals surface area contributed by atoms with Crippen LogP contribution in [0.3, 0.4) is 0 Å². The van der Waals surface area contributed by atoms with Gasteiger partial charge in [0.25, 0.3) is 0 Å². The van der Waals surface area contributed by atoms with Gasteiger partial charge in [-0.1, -0.05) is 0 Å². The normalized spacial score (nSPS) is 14.0. The molecule has 0 radical (unpaired) electrons. The Morgan fingerprint density at radius 2 is 1.33 bits per heavy atom. The molecule has 33 heavy (non-hydrogen) atoms. The SMILES string of the molecule is CC(=O)N1CCN(c2c(C)nn(CCN)c2C)CC1.O=C(O)C(F)(F)F.O=C(O)C(F)(F)F. The second-order valence-electron chi connectivity index (χ2n) is 6.63. The van der Waals surface area contributed by atoms with Gasteiger partial charge in [0.05, 0.1) is 23.6 Å². The topological polar surface area (TPSA) is 142 Å². The van der Waals surface area contributed by atoms with E-state index in [0.717, 1.165) is 38.4 Å². The Morgan fingerprint density at radius 3 is 1.64 bits per heavy atom. The lowest BCUT2D eigenvalue weighted by Gasteiger charge is -2.35. The number of amides is 1. The monoisotopic (exact) mass is 493 g/mol. The smallest absolute Gasteiger partial charge is 0.475 e. The summed E-state index contributed by atoms with van der Waals surface area (Å²) < 4.78 is 65.4. The fraction of sp³-hybridized carbons (Fsp3) is 0.647. The number of nitrogens with two attached hydrogens (primary N) is 1. The summed E-state index contributed by atoms with van der Waals surface area (Å²) in [5.74, 6) is -5.35. The largest absolute Gasteiger partial charge is 0.490 e. The lowest BCUT2D eigenvalue weighted by atomic mass is 10.2. The van der Waals surface area contributed by atoms with Crippen LogP contribution in [0.2, 0.25) is 0 Å². The maximum absolute atomic E-state index is 11.3. The Bertz CT molecular complexity index is 792. The molecule has 0 bridgehead atoms. The summed E-state index contributed by atoms with van der Waals surface area (Å²) in [6, 6.07) is 0. The van der Waals surface area contributed by atoms with Gasteiger partial charge in [0.15, 0.2) is 0 Å². The van der Waals surface area contributed by atoms with Crippen LogP contribution in [0.5, 0.6) is 0 Å². The minimum Gasteiger partial charge on any atom is -0.475 e. The first-order chi connectivity index (χ1) is 14.9. The molecule has 0 unspecified atom stereocenters. The molecule has 1 aromatic rings. The van der Waals surface area contributed by atoms with Gasteiger partial charge in [0, 0.05) is 39.6 Å². The number of hydrogen-bond donors (Lipinski definition) is 3. The highest BCUT2D eigenvalue weighted by molar-refractivity contribution is 5.74. The molecule has 0 spiro atoms. The Hall–Kier alpha value is -3.04. The number of carbonyl (C=O) groups is 3. The average molecular weight is 493 g/mol. The highest BCUT2D eigenvalue weighted by Crippen LogP contribution is 2.25. The quantitative estimate of drug-likeness (QED) is 0.537. The molecule has 1 aromatic heterocycles. The first-order valence-corrected chi connectivity index (χ1v) is 9.28. The third kappa shape index (κ3) is 9.97. The van der Waals surface area contributed by atoms with Gasteiger partial charge in [-0.3, -0.25) is 9.48 Å². The molecule has 190 valence electrons. The van der Waals surface area contributed by atoms with Gasteiger partial charge in [0.1, 0.15) is 0 Å². The predicted octanol–water partition coefficient (Wildman–Crippen LogP) is 1.39. The van der Waals surface area contributed by atoms with Gasteiger partial charge in [-0.15, -0.1) is 0 Å². The van der Waals surface area contributed by atoms with Crippen LogP contribution in [0.15, 0.2) is 0 Å². The fourth-order valence-corrected chi connectivity index (χ4v) is 2.73. The molecule has 1 fully saturated rings. The lowest BCUT2D eigenvalue weighted by molar-refractivity contribution is -0.193. The Morgan fingerprint density at radius 1 is 0.939 bits per heavy atom. The highest BCUT2D eigenvalue weighted by Gasteiger charge is 2.38. The number of carboxylic acids is 2. The molecule has 2 heterocycles. The molecule has 0 saturated carbocycles. The number of carboxylic acid groups (broad SMARTS) is 2. The summed E-state index contributed by atoms with van der Waals surface area (Å²) in [5, 5.41) is 18.8. The number of aromatic nitrogens is 2. The Kier molecular flexibility index (Phi) is 11.1. The van der Waals surface area contributed by atoms with Crippen molar-refractivity contribution in [1.82, 2.24) is 14.7 Å². The van der Waals surface area contributed by atoms with Crippen LogP contribution in [0.25, 0.3) is 0 Å². The Balaban J connectivity index is 0.000000605. The zero-order valence-electron chi connectivity index (χ0n) is 18.0. The van der Waals surface area contributed by atoms with E-state index in [-0.39, 0.29) is 5.91 Å². The number of hydrogen-bond acceptors (Lipinski definition) is 6. The van der Waals surface area contributed by atoms with E-state index in [4.69, 9.17) is 25.5 Å². The summed E-state index contributed by atoms with van der Waals surface area (Å²) in [6.07, 6.45) is -10.2. The van der Waals surface area contributed by atoms with Gasteiger partial charge in [-0.25, -0.2) is 9.59 Å². The standard InChI is InChI=1S/C13H23N5O.2C2HF3O2/c1-10-13(11(2)18(15-10)5-4-14)17-8-6-16(7-9-17)12(3)19;2*3-2(4,5)1(6)7/h4-9,14H2,1-3H3;2*(H,6,7). The zero-order chi connectivity index (χ0) is 26.1. The molecule has 1 amide bonds. The number of halogens is 6. The number of nitrogens with zero attached hydrogens (tertiary/aromatic N) is 4. The second-order valence-corrected chi connectivity index (χ2v) is 6.63. The van der Waals surface area contributed by atoms with E-state index in [9.17, 15) is 31.1 Å². The Labute approximate surface area is 184 Å². The first kappa shape index (κ1) is 30.0. The number of alkyl halides is 6. The van der Waals surface area contributed by atoms with Crippen molar-refractivity contribution < 1.29 is 50.9 Å². The third-order valence-corrected chi connectivity index (χ3v) is 4.21. The molecule has 0 atom stereocenters. The number of piperazine rings is 1. The van der Waals surface area contributed by atoms with Crippen molar-refractivity contribution in [2.24, 2.45) is 5.73 Å². The van der Waals surface area contributed by atoms with E-state index in [1.165, 1.54) is 11.4 Å². The number of rotatable bonds is 3. The summed E-state index contributed by atoms with van der Waals surface area (Å²) >= 11 is 0. The van der Waals surface area contributed by atoms with E-state index in [0.29, 0.717) is 6.54 Å². The second kappa shape index (κ2) is 12.3. The van der Waals surface area contributed by atoms with Crippen LogP contribution in [-0.4, -0.2) is 87.8 Å². The fourth-order valence-electron chi connectivity index (χ4n) is 2.73. The maximum atomic E-state index is 11.3. The van der Waals surface area contributed by atoms with Gasteiger partial charge in [-0.2, -0.15) is 31.4 Å². The molecule has 1 aliphatic heterocycles. The van der Waals surface area contributed by atoms with Crippen LogP contribution in [0, 0.1) is 13.8 Å². The van der Waals surface area contributed by atoms with Gasteiger partial charge in [-0.05, 0) is 13.8 Å². The van der Waals surface area contributed by atoms with Crippen molar-refractivity contribution >= 4 is 23.5 Å². The van der Waals surface area contributed by atoms with Crippen molar-refractivity contribution in [3.8, 4) is 0 Å². The molecule has 1 saturated heterocycles. The van der Waals surface area contributed by atoms with E-state index in [2.05, 4.69) is 16.9 Å². The van der Waals surface area contributed by atoms with Crippen LogP contribution in [0.4, 0.5) is 32.0 Å². The first-order valence-electron chi connectivity index (χ1n) is 9.28. The van der Waals surface area contributed by atoms with Gasteiger partial charge >= 0.3 is 24.3 Å². The summed E-state index contributed by atoms with van der Waals surface area (Å²) in [5.41, 5.74) is 9.02. The molecule has 0 aliphatic carbocycles. The third-order valence-electron chi connectivity index (χ3n) is 4.21. The van der Waals surface area contributed by atoms with E-state index in [1.807, 2.05) is 16.5 Å². The van der Waals surface area contributed by atoms with Crippen LogP contribution >= 0.6 is 0 Å². The summed E-state index contributed by atoms with van der Waals surface area (Å²) in [7, 11) is 0. The zero-order valence-corrected chi connectivity index (χ0v) is 18.0. The molecule has 0 aromatic carbocycles. The maximum Gasteiger partial charge on any atom is 0.490 e. The minimum absolute atomic E-state index is 0.159. The van der Waals surface area contributed by atoms with E-state index < -0.39 is 24.3 Å². The predicted molar refractivity (Wildman–Crippen MR) is 103 cm³/mol. The van der Waals surface area contributed by atoms with Gasteiger partial charge in [0.2, 0.25) is 5.91 Å². The molecular weight excluding hydrogens is 468 g/mol. The lowest BCUT2D eigenvalue weighted by Crippen LogP contribution is -2.48. The number of aliphatic carboxylic acids is 2. The molecule has 10 nitrogen and oxygen atoms in total. The van der Waals surface area contributed by atoms with Crippen LogP contribution in [-0.2, 0) is 20.9 Å². The number of carbonyl (C=O) groups excluding carboxylic acids is 1. The number of anilines is 1. The molecule has 16 heteroatoms. The highest BCUT2D eigenvalue weighted by atomic mass is 19.4. The van der Waals surface area contributed by atoms with Crippen LogP contribution in [0.1, 0.15) is 18.3 Å².